The van der Waals surface area contributed by atoms with Crippen molar-refractivity contribution in [3.05, 3.63) is 11.9 Å². The molecular weight excluding hydrogens is 262 g/mol. The molecule has 0 amide bonds. The number of hydrogen-bond acceptors (Lipinski definition) is 4. The lowest BCUT2D eigenvalue weighted by Gasteiger charge is -2.39. The monoisotopic (exact) mass is 283 g/mol. The van der Waals surface area contributed by atoms with E-state index in [1.54, 1.807) is 7.11 Å². The van der Waals surface area contributed by atoms with E-state index in [9.17, 15) is 0 Å². The molecule has 0 saturated heterocycles. The maximum atomic E-state index is 6.23. The number of anilines is 1. The Balaban J connectivity index is 2.20. The molecule has 1 aromatic heterocycles. The Morgan fingerprint density at radius 3 is 2.95 bits per heavy atom. The molecule has 1 aromatic rings. The van der Waals surface area contributed by atoms with Crippen LogP contribution < -0.4 is 10.1 Å². The lowest BCUT2D eigenvalue weighted by molar-refractivity contribution is 0.279. The Morgan fingerprint density at radius 2 is 2.32 bits per heavy atom. The van der Waals surface area contributed by atoms with Crippen molar-refractivity contribution in [2.75, 3.05) is 18.3 Å². The average Bonchev–Trinajstić information content (AvgIpc) is 2.38. The van der Waals surface area contributed by atoms with E-state index in [1.807, 2.05) is 13.0 Å². The average molecular weight is 284 g/mol. The molecule has 0 aromatic carbocycles. The number of aryl methyl sites for hydroxylation is 1. The topological polar surface area (TPSA) is 47.0 Å². The number of rotatable bonds is 4. The third-order valence-corrected chi connectivity index (χ3v) is 4.28. The Morgan fingerprint density at radius 1 is 1.53 bits per heavy atom. The molecule has 2 rings (SSSR count). The first-order valence-corrected chi connectivity index (χ1v) is 7.34. The van der Waals surface area contributed by atoms with Gasteiger partial charge in [-0.15, -0.1) is 11.6 Å². The Labute approximate surface area is 119 Å². The number of alkyl halides is 1. The summed E-state index contributed by atoms with van der Waals surface area (Å²) in [5, 5.41) is 3.53. The number of nitrogens with zero attached hydrogens (tertiary/aromatic N) is 2. The quantitative estimate of drug-likeness (QED) is 0.861. The lowest BCUT2D eigenvalue weighted by Crippen LogP contribution is -2.44. The maximum Gasteiger partial charge on any atom is 0.218 e. The van der Waals surface area contributed by atoms with Crippen LogP contribution in [0.2, 0.25) is 0 Å². The fraction of sp³-hybridized carbons (Fsp3) is 0.714. The van der Waals surface area contributed by atoms with Gasteiger partial charge in [-0.25, -0.2) is 4.98 Å². The summed E-state index contributed by atoms with van der Waals surface area (Å²) in [6.07, 6.45) is 4.67. The standard InChI is InChI=1S/C14H22ClN3O/c1-10-5-4-6-14(8-10,9-15)18-12-7-13(19-3)17-11(2)16-12/h7,10H,4-6,8-9H2,1-3H3,(H,16,17,18). The maximum absolute atomic E-state index is 6.23. The molecule has 0 radical (unpaired) electrons. The zero-order valence-electron chi connectivity index (χ0n) is 11.9. The Hall–Kier alpha value is -1.03. The van der Waals surface area contributed by atoms with Crippen LogP contribution in [0.1, 0.15) is 38.4 Å². The second kappa shape index (κ2) is 5.95. The lowest BCUT2D eigenvalue weighted by atomic mass is 9.77. The van der Waals surface area contributed by atoms with E-state index >= 15 is 0 Å². The minimum atomic E-state index is -0.0506. The minimum Gasteiger partial charge on any atom is -0.481 e. The first-order valence-electron chi connectivity index (χ1n) is 6.81. The highest BCUT2D eigenvalue weighted by atomic mass is 35.5. The van der Waals surface area contributed by atoms with Crippen LogP contribution in [0.25, 0.3) is 0 Å². The molecule has 19 heavy (non-hydrogen) atoms. The SMILES string of the molecule is COc1cc(NC2(CCl)CCCC(C)C2)nc(C)n1. The normalized spacial score (nSPS) is 27.1. The van der Waals surface area contributed by atoms with E-state index in [4.69, 9.17) is 16.3 Å². The largest absolute Gasteiger partial charge is 0.481 e. The van der Waals surface area contributed by atoms with Crippen LogP contribution in [0.4, 0.5) is 5.82 Å². The molecule has 0 bridgehead atoms. The molecule has 1 saturated carbocycles. The molecule has 2 atom stereocenters. The van der Waals surface area contributed by atoms with Gasteiger partial charge in [-0.1, -0.05) is 19.8 Å². The first kappa shape index (κ1) is 14.4. The van der Waals surface area contributed by atoms with Crippen molar-refractivity contribution in [1.82, 2.24) is 9.97 Å². The van der Waals surface area contributed by atoms with E-state index < -0.39 is 0 Å². The van der Waals surface area contributed by atoms with Gasteiger partial charge in [0.05, 0.1) is 12.6 Å². The van der Waals surface area contributed by atoms with Crippen molar-refractivity contribution in [2.24, 2.45) is 5.92 Å². The molecule has 1 aliphatic carbocycles. The predicted octanol–water partition coefficient (Wildman–Crippen LogP) is 3.39. The molecule has 1 aliphatic rings. The molecule has 0 spiro atoms. The zero-order valence-corrected chi connectivity index (χ0v) is 12.6. The van der Waals surface area contributed by atoms with E-state index in [0.717, 1.165) is 18.7 Å². The Kier molecular flexibility index (Phi) is 4.50. The summed E-state index contributed by atoms with van der Waals surface area (Å²) in [5.41, 5.74) is -0.0506. The number of aromatic nitrogens is 2. The van der Waals surface area contributed by atoms with Gasteiger partial charge in [-0.2, -0.15) is 4.98 Å². The number of ether oxygens (including phenoxy) is 1. The molecular formula is C14H22ClN3O. The van der Waals surface area contributed by atoms with Crippen LogP contribution in [0.5, 0.6) is 5.88 Å². The van der Waals surface area contributed by atoms with Gasteiger partial charge in [-0.05, 0) is 25.7 Å². The summed E-state index contributed by atoms with van der Waals surface area (Å²) < 4.78 is 5.19. The van der Waals surface area contributed by atoms with Gasteiger partial charge in [0, 0.05) is 11.9 Å². The van der Waals surface area contributed by atoms with Crippen molar-refractivity contribution in [3.63, 3.8) is 0 Å². The van der Waals surface area contributed by atoms with Crippen molar-refractivity contribution in [3.8, 4) is 5.88 Å². The molecule has 5 heteroatoms. The summed E-state index contributed by atoms with van der Waals surface area (Å²) in [4.78, 5) is 8.64. The van der Waals surface area contributed by atoms with Crippen LogP contribution in [-0.4, -0.2) is 28.5 Å². The second-order valence-electron chi connectivity index (χ2n) is 5.58. The van der Waals surface area contributed by atoms with E-state index in [-0.39, 0.29) is 5.54 Å². The van der Waals surface area contributed by atoms with Gasteiger partial charge in [-0.3, -0.25) is 0 Å². The van der Waals surface area contributed by atoms with Gasteiger partial charge < -0.3 is 10.1 Å². The van der Waals surface area contributed by atoms with Gasteiger partial charge in [0.1, 0.15) is 11.6 Å². The van der Waals surface area contributed by atoms with Crippen molar-refractivity contribution >= 4 is 17.4 Å². The molecule has 0 aliphatic heterocycles. The van der Waals surface area contributed by atoms with Crippen LogP contribution in [0.3, 0.4) is 0 Å². The third-order valence-electron chi connectivity index (χ3n) is 3.76. The highest BCUT2D eigenvalue weighted by Gasteiger charge is 2.34. The van der Waals surface area contributed by atoms with Gasteiger partial charge in [0.25, 0.3) is 0 Å². The summed E-state index contributed by atoms with van der Waals surface area (Å²) in [6, 6.07) is 1.83. The molecule has 106 valence electrons. The minimum absolute atomic E-state index is 0.0506. The molecule has 2 unspecified atom stereocenters. The number of nitrogens with one attached hydrogen (secondary N) is 1. The predicted molar refractivity (Wildman–Crippen MR) is 78.0 cm³/mol. The number of halogens is 1. The van der Waals surface area contributed by atoms with E-state index in [1.165, 1.54) is 12.8 Å². The van der Waals surface area contributed by atoms with E-state index in [0.29, 0.717) is 23.5 Å². The first-order chi connectivity index (χ1) is 9.07. The van der Waals surface area contributed by atoms with Crippen LogP contribution in [0, 0.1) is 12.8 Å². The smallest absolute Gasteiger partial charge is 0.218 e. The van der Waals surface area contributed by atoms with Crippen LogP contribution in [-0.2, 0) is 0 Å². The highest BCUT2D eigenvalue weighted by molar-refractivity contribution is 6.18. The fourth-order valence-electron chi connectivity index (χ4n) is 2.91. The summed E-state index contributed by atoms with van der Waals surface area (Å²) in [7, 11) is 1.62. The van der Waals surface area contributed by atoms with Gasteiger partial charge in [0.15, 0.2) is 0 Å². The third kappa shape index (κ3) is 3.50. The summed E-state index contributed by atoms with van der Waals surface area (Å²) in [5.74, 6) is 3.39. The highest BCUT2D eigenvalue weighted by Crippen LogP contribution is 2.35. The molecule has 1 heterocycles. The van der Waals surface area contributed by atoms with Gasteiger partial charge in [0.2, 0.25) is 5.88 Å². The van der Waals surface area contributed by atoms with Crippen LogP contribution in [0.15, 0.2) is 6.07 Å². The summed E-state index contributed by atoms with van der Waals surface area (Å²) in [6.45, 7) is 4.15. The summed E-state index contributed by atoms with van der Waals surface area (Å²) >= 11 is 6.23. The molecule has 1 N–H and O–H groups in total. The second-order valence-corrected chi connectivity index (χ2v) is 5.85. The van der Waals surface area contributed by atoms with Crippen molar-refractivity contribution < 1.29 is 4.74 Å². The molecule has 4 nitrogen and oxygen atoms in total. The molecule has 1 fully saturated rings. The zero-order chi connectivity index (χ0) is 13.9. The fourth-order valence-corrected chi connectivity index (χ4v) is 3.22. The van der Waals surface area contributed by atoms with Crippen molar-refractivity contribution in [2.45, 2.75) is 45.1 Å². The van der Waals surface area contributed by atoms with Crippen LogP contribution >= 0.6 is 11.6 Å². The number of methoxy groups -OCH3 is 1. The van der Waals surface area contributed by atoms with E-state index in [2.05, 4.69) is 22.2 Å². The van der Waals surface area contributed by atoms with Crippen molar-refractivity contribution in [1.29, 1.82) is 0 Å². The number of hydrogen-bond donors (Lipinski definition) is 1. The van der Waals surface area contributed by atoms with Gasteiger partial charge >= 0.3 is 0 Å². The Bertz CT molecular complexity index is 441.